The molecule has 0 spiro atoms. The molecule has 2 rings (SSSR count). The Balaban J connectivity index is 2.16. The summed E-state index contributed by atoms with van der Waals surface area (Å²) in [5, 5.41) is 0. The summed E-state index contributed by atoms with van der Waals surface area (Å²) >= 11 is 0. The van der Waals surface area contributed by atoms with Crippen LogP contribution >= 0.6 is 0 Å². The van der Waals surface area contributed by atoms with Crippen LogP contribution in [0.4, 0.5) is 0 Å². The summed E-state index contributed by atoms with van der Waals surface area (Å²) in [6.07, 6.45) is 3.43. The molecule has 74 valence electrons. The van der Waals surface area contributed by atoms with E-state index in [-0.39, 0.29) is 0 Å². The molecule has 0 bridgehead atoms. The first-order valence-electron chi connectivity index (χ1n) is 5.37. The van der Waals surface area contributed by atoms with Gasteiger partial charge < -0.3 is 4.90 Å². The zero-order valence-electron chi connectivity index (χ0n) is 8.79. The molecule has 1 heterocycles. The molecule has 2 nitrogen and oxygen atoms in total. The SMILES string of the molecule is CC(C)C1C2CCC2CC(=O)N1C. The van der Waals surface area contributed by atoms with Gasteiger partial charge in [0, 0.05) is 19.5 Å². The normalized spacial score (nSPS) is 38.9. The summed E-state index contributed by atoms with van der Waals surface area (Å²) in [6, 6.07) is 0.514. The molecule has 2 aliphatic rings. The lowest BCUT2D eigenvalue weighted by molar-refractivity contribution is -0.146. The Morgan fingerprint density at radius 3 is 2.54 bits per heavy atom. The second kappa shape index (κ2) is 3.00. The molecule has 3 unspecified atom stereocenters. The smallest absolute Gasteiger partial charge is 0.222 e. The van der Waals surface area contributed by atoms with Crippen LogP contribution in [-0.2, 0) is 4.79 Å². The van der Waals surface area contributed by atoms with Gasteiger partial charge in [0.15, 0.2) is 0 Å². The van der Waals surface area contributed by atoms with E-state index in [9.17, 15) is 4.79 Å². The average molecular weight is 181 g/mol. The number of piperidine rings is 1. The summed E-state index contributed by atoms with van der Waals surface area (Å²) in [6.45, 7) is 4.46. The zero-order valence-corrected chi connectivity index (χ0v) is 8.79. The Bertz CT molecular complexity index is 224. The lowest BCUT2D eigenvalue weighted by atomic mass is 9.63. The molecule has 1 amide bonds. The third-order valence-corrected chi connectivity index (χ3v) is 3.88. The topological polar surface area (TPSA) is 20.3 Å². The van der Waals surface area contributed by atoms with Gasteiger partial charge >= 0.3 is 0 Å². The highest BCUT2D eigenvalue weighted by molar-refractivity contribution is 5.77. The zero-order chi connectivity index (χ0) is 9.59. The minimum absolute atomic E-state index is 0.361. The van der Waals surface area contributed by atoms with E-state index in [4.69, 9.17) is 0 Å². The number of amides is 1. The van der Waals surface area contributed by atoms with E-state index in [1.807, 2.05) is 11.9 Å². The first-order valence-corrected chi connectivity index (χ1v) is 5.37. The molecule has 0 aromatic carbocycles. The second-order valence-corrected chi connectivity index (χ2v) is 4.94. The molecule has 0 aromatic heterocycles. The van der Waals surface area contributed by atoms with Crippen LogP contribution in [-0.4, -0.2) is 23.9 Å². The minimum atomic E-state index is 0.361. The molecule has 2 fully saturated rings. The molecule has 2 heteroatoms. The van der Waals surface area contributed by atoms with Gasteiger partial charge in [-0.1, -0.05) is 13.8 Å². The van der Waals surface area contributed by atoms with Crippen LogP contribution in [0.25, 0.3) is 0 Å². The maximum Gasteiger partial charge on any atom is 0.222 e. The van der Waals surface area contributed by atoms with Crippen molar-refractivity contribution < 1.29 is 4.79 Å². The number of carbonyl (C=O) groups is 1. The van der Waals surface area contributed by atoms with Gasteiger partial charge in [-0.3, -0.25) is 4.79 Å². The molecular weight excluding hydrogens is 162 g/mol. The fourth-order valence-electron chi connectivity index (χ4n) is 3.06. The lowest BCUT2D eigenvalue weighted by Crippen LogP contribution is -2.56. The predicted octanol–water partition coefficient (Wildman–Crippen LogP) is 1.90. The first kappa shape index (κ1) is 9.04. The summed E-state index contributed by atoms with van der Waals surface area (Å²) in [5.74, 6) is 2.50. The van der Waals surface area contributed by atoms with Crippen molar-refractivity contribution in [2.75, 3.05) is 7.05 Å². The van der Waals surface area contributed by atoms with Crippen molar-refractivity contribution in [2.45, 2.75) is 39.2 Å². The van der Waals surface area contributed by atoms with E-state index < -0.39 is 0 Å². The fraction of sp³-hybridized carbons (Fsp3) is 0.909. The van der Waals surface area contributed by atoms with Gasteiger partial charge in [-0.15, -0.1) is 0 Å². The van der Waals surface area contributed by atoms with Crippen molar-refractivity contribution in [3.05, 3.63) is 0 Å². The third-order valence-electron chi connectivity index (χ3n) is 3.88. The van der Waals surface area contributed by atoms with Crippen LogP contribution in [0.1, 0.15) is 33.1 Å². The highest BCUT2D eigenvalue weighted by Crippen LogP contribution is 2.46. The quantitative estimate of drug-likeness (QED) is 0.605. The van der Waals surface area contributed by atoms with Crippen LogP contribution in [0.3, 0.4) is 0 Å². The van der Waals surface area contributed by atoms with Gasteiger partial charge in [-0.25, -0.2) is 0 Å². The first-order chi connectivity index (χ1) is 6.11. The van der Waals surface area contributed by atoms with Crippen molar-refractivity contribution >= 4 is 5.91 Å². The summed E-state index contributed by atoms with van der Waals surface area (Å²) in [4.78, 5) is 13.6. The Morgan fingerprint density at radius 2 is 2.08 bits per heavy atom. The number of rotatable bonds is 1. The van der Waals surface area contributed by atoms with Crippen LogP contribution in [0.15, 0.2) is 0 Å². The number of carbonyl (C=O) groups excluding carboxylic acids is 1. The van der Waals surface area contributed by atoms with E-state index in [1.54, 1.807) is 0 Å². The monoisotopic (exact) mass is 181 g/mol. The second-order valence-electron chi connectivity index (χ2n) is 4.94. The van der Waals surface area contributed by atoms with Crippen LogP contribution < -0.4 is 0 Å². The highest BCUT2D eigenvalue weighted by atomic mass is 16.2. The Labute approximate surface area is 80.3 Å². The lowest BCUT2D eigenvalue weighted by Gasteiger charge is -2.51. The van der Waals surface area contributed by atoms with Crippen LogP contribution in [0, 0.1) is 17.8 Å². The van der Waals surface area contributed by atoms with E-state index in [0.29, 0.717) is 17.9 Å². The molecule has 0 N–H and O–H groups in total. The molecular formula is C11H19NO. The molecule has 0 aromatic rings. The van der Waals surface area contributed by atoms with E-state index in [0.717, 1.165) is 18.3 Å². The Hall–Kier alpha value is -0.530. The number of nitrogens with zero attached hydrogens (tertiary/aromatic N) is 1. The molecule has 0 radical (unpaired) electrons. The van der Waals surface area contributed by atoms with Crippen molar-refractivity contribution in [1.29, 1.82) is 0 Å². The third kappa shape index (κ3) is 1.27. The number of hydrogen-bond donors (Lipinski definition) is 0. The van der Waals surface area contributed by atoms with Crippen molar-refractivity contribution in [2.24, 2.45) is 17.8 Å². The fourth-order valence-corrected chi connectivity index (χ4v) is 3.06. The highest BCUT2D eigenvalue weighted by Gasteiger charge is 2.46. The van der Waals surface area contributed by atoms with E-state index in [2.05, 4.69) is 13.8 Å². The van der Waals surface area contributed by atoms with Gasteiger partial charge in [-0.2, -0.15) is 0 Å². The minimum Gasteiger partial charge on any atom is -0.342 e. The van der Waals surface area contributed by atoms with Gasteiger partial charge in [0.1, 0.15) is 0 Å². The Morgan fingerprint density at radius 1 is 1.38 bits per heavy atom. The van der Waals surface area contributed by atoms with E-state index >= 15 is 0 Å². The van der Waals surface area contributed by atoms with Crippen molar-refractivity contribution in [1.82, 2.24) is 4.90 Å². The number of likely N-dealkylation sites (tertiary alicyclic amines) is 1. The average Bonchev–Trinajstić information content (AvgIpc) is 2.03. The van der Waals surface area contributed by atoms with Crippen LogP contribution in [0.5, 0.6) is 0 Å². The molecule has 3 atom stereocenters. The maximum atomic E-state index is 11.6. The summed E-state index contributed by atoms with van der Waals surface area (Å²) < 4.78 is 0. The van der Waals surface area contributed by atoms with Crippen molar-refractivity contribution in [3.63, 3.8) is 0 Å². The predicted molar refractivity (Wildman–Crippen MR) is 52.2 cm³/mol. The molecule has 1 saturated carbocycles. The largest absolute Gasteiger partial charge is 0.342 e. The Kier molecular flexibility index (Phi) is 2.09. The molecule has 1 saturated heterocycles. The van der Waals surface area contributed by atoms with Gasteiger partial charge in [0.25, 0.3) is 0 Å². The summed E-state index contributed by atoms with van der Waals surface area (Å²) in [5.41, 5.74) is 0. The molecule has 1 aliphatic heterocycles. The number of hydrogen-bond acceptors (Lipinski definition) is 1. The summed E-state index contributed by atoms with van der Waals surface area (Å²) in [7, 11) is 1.97. The molecule has 1 aliphatic carbocycles. The van der Waals surface area contributed by atoms with E-state index in [1.165, 1.54) is 12.8 Å². The van der Waals surface area contributed by atoms with Gasteiger partial charge in [0.05, 0.1) is 0 Å². The maximum absolute atomic E-state index is 11.6. The van der Waals surface area contributed by atoms with Crippen molar-refractivity contribution in [3.8, 4) is 0 Å². The van der Waals surface area contributed by atoms with Gasteiger partial charge in [-0.05, 0) is 30.6 Å². The molecule has 13 heavy (non-hydrogen) atoms. The number of fused-ring (bicyclic) bond motifs is 1. The standard InChI is InChI=1S/C11H19NO/c1-7(2)11-9-5-4-8(9)6-10(13)12(11)3/h7-9,11H,4-6H2,1-3H3. The van der Waals surface area contributed by atoms with Gasteiger partial charge in [0.2, 0.25) is 5.91 Å². The van der Waals surface area contributed by atoms with Crippen LogP contribution in [0.2, 0.25) is 0 Å².